The summed E-state index contributed by atoms with van der Waals surface area (Å²) in [4.78, 5) is 4.33. The summed E-state index contributed by atoms with van der Waals surface area (Å²) < 4.78 is 0.762. The van der Waals surface area contributed by atoms with Crippen LogP contribution in [0.5, 0.6) is 0 Å². The molecule has 1 unspecified atom stereocenters. The van der Waals surface area contributed by atoms with E-state index in [1.165, 1.54) is 0 Å². The number of hydrogen-bond donors (Lipinski definition) is 1. The Morgan fingerprint density at radius 2 is 2.36 bits per heavy atom. The normalized spacial score (nSPS) is 24.8. The minimum atomic E-state index is -0.918. The highest BCUT2D eigenvalue weighted by molar-refractivity contribution is 9.10. The van der Waals surface area contributed by atoms with Crippen LogP contribution in [-0.4, -0.2) is 10.1 Å². The van der Waals surface area contributed by atoms with Gasteiger partial charge in [0.1, 0.15) is 10.2 Å². The minimum Gasteiger partial charge on any atom is -0.379 e. The molecule has 1 N–H and O–H groups in total. The van der Waals surface area contributed by atoms with Crippen molar-refractivity contribution >= 4 is 15.9 Å². The van der Waals surface area contributed by atoms with Crippen molar-refractivity contribution in [1.29, 1.82) is 0 Å². The number of aromatic nitrogens is 1. The van der Waals surface area contributed by atoms with E-state index >= 15 is 0 Å². The lowest BCUT2D eigenvalue weighted by Crippen LogP contribution is -2.24. The van der Waals surface area contributed by atoms with E-state index in [1.807, 2.05) is 19.1 Å². The molecule has 0 aliphatic heterocycles. The molecule has 14 heavy (non-hydrogen) atoms. The topological polar surface area (TPSA) is 33.1 Å². The first-order chi connectivity index (χ1) is 6.54. The molecule has 1 heterocycles. The summed E-state index contributed by atoms with van der Waals surface area (Å²) in [5.74, 6) is 0. The van der Waals surface area contributed by atoms with Crippen LogP contribution in [0.4, 0.5) is 0 Å². The van der Waals surface area contributed by atoms with Crippen molar-refractivity contribution in [3.05, 3.63) is 40.1 Å². The lowest BCUT2D eigenvalue weighted by Gasteiger charge is -2.23. The summed E-state index contributed by atoms with van der Waals surface area (Å²) in [5.41, 5.74) is 1.74. The second-order valence-electron chi connectivity index (χ2n) is 3.78. The molecule has 0 fully saturated rings. The van der Waals surface area contributed by atoms with Gasteiger partial charge in [-0.05, 0) is 52.9 Å². The van der Waals surface area contributed by atoms with E-state index in [0.29, 0.717) is 6.42 Å². The highest BCUT2D eigenvalue weighted by Gasteiger charge is 2.38. The molecule has 0 amide bonds. The van der Waals surface area contributed by atoms with Gasteiger partial charge in [0.15, 0.2) is 0 Å². The zero-order chi connectivity index (χ0) is 10.3. The van der Waals surface area contributed by atoms with Crippen LogP contribution in [0.1, 0.15) is 24.6 Å². The second-order valence-corrected chi connectivity index (χ2v) is 4.59. The minimum absolute atomic E-state index is 0.696. The number of fused-ring (bicyclic) bond motifs is 1. The van der Waals surface area contributed by atoms with Crippen LogP contribution < -0.4 is 0 Å². The average molecular weight is 254 g/mol. The second kappa shape index (κ2) is 3.17. The van der Waals surface area contributed by atoms with Gasteiger partial charge in [0.25, 0.3) is 0 Å². The number of pyridine rings is 1. The van der Waals surface area contributed by atoms with Crippen LogP contribution in [0.2, 0.25) is 0 Å². The number of hydrogen-bond acceptors (Lipinski definition) is 2. The quantitative estimate of drug-likeness (QED) is 0.617. The standard InChI is InChI=1S/C11H12BrNO/c1-7(2)11(14)6-5-8-3-4-9(12)13-10(8)11/h3-4,14H,1,5-6H2,2H3. The molecule has 0 radical (unpaired) electrons. The van der Waals surface area contributed by atoms with E-state index in [0.717, 1.165) is 27.9 Å². The Kier molecular flexibility index (Phi) is 2.24. The smallest absolute Gasteiger partial charge is 0.128 e. The first kappa shape index (κ1) is 9.87. The number of nitrogens with zero attached hydrogens (tertiary/aromatic N) is 1. The summed E-state index contributed by atoms with van der Waals surface area (Å²) in [6, 6.07) is 3.91. The summed E-state index contributed by atoms with van der Waals surface area (Å²) in [6.07, 6.45) is 1.57. The fourth-order valence-corrected chi connectivity index (χ4v) is 2.18. The van der Waals surface area contributed by atoms with Crippen LogP contribution in [0.3, 0.4) is 0 Å². The first-order valence-electron chi connectivity index (χ1n) is 4.58. The third-order valence-corrected chi connectivity index (χ3v) is 3.24. The molecular formula is C11H12BrNO. The summed E-state index contributed by atoms with van der Waals surface area (Å²) in [7, 11) is 0. The van der Waals surface area contributed by atoms with Crippen LogP contribution in [-0.2, 0) is 12.0 Å². The van der Waals surface area contributed by atoms with E-state index in [9.17, 15) is 5.11 Å². The van der Waals surface area contributed by atoms with Gasteiger partial charge in [-0.15, -0.1) is 0 Å². The Hall–Kier alpha value is -0.670. The van der Waals surface area contributed by atoms with Crippen molar-refractivity contribution in [3.8, 4) is 0 Å². The number of aryl methyl sites for hydroxylation is 1. The molecule has 0 aromatic carbocycles. The molecule has 1 aromatic rings. The summed E-state index contributed by atoms with van der Waals surface area (Å²) in [5, 5.41) is 10.4. The van der Waals surface area contributed by atoms with E-state index in [1.54, 1.807) is 0 Å². The lowest BCUT2D eigenvalue weighted by molar-refractivity contribution is 0.0746. The van der Waals surface area contributed by atoms with Crippen molar-refractivity contribution in [2.75, 3.05) is 0 Å². The Morgan fingerprint density at radius 1 is 1.64 bits per heavy atom. The fourth-order valence-electron chi connectivity index (χ4n) is 1.87. The predicted molar refractivity (Wildman–Crippen MR) is 59.0 cm³/mol. The Bertz CT molecular complexity index is 402. The van der Waals surface area contributed by atoms with Gasteiger partial charge in [-0.1, -0.05) is 12.6 Å². The number of aliphatic hydroxyl groups is 1. The molecule has 0 spiro atoms. The van der Waals surface area contributed by atoms with Crippen LogP contribution in [0.15, 0.2) is 28.9 Å². The van der Waals surface area contributed by atoms with Gasteiger partial charge in [-0.2, -0.15) is 0 Å². The third-order valence-electron chi connectivity index (χ3n) is 2.80. The Balaban J connectivity index is 2.58. The average Bonchev–Trinajstić information content (AvgIpc) is 2.46. The van der Waals surface area contributed by atoms with Gasteiger partial charge in [-0.3, -0.25) is 0 Å². The van der Waals surface area contributed by atoms with Crippen molar-refractivity contribution in [2.24, 2.45) is 0 Å². The van der Waals surface area contributed by atoms with Crippen LogP contribution in [0, 0.1) is 0 Å². The molecule has 1 aliphatic carbocycles. The molecule has 0 bridgehead atoms. The lowest BCUT2D eigenvalue weighted by atomic mass is 9.93. The van der Waals surface area contributed by atoms with E-state index < -0.39 is 5.60 Å². The van der Waals surface area contributed by atoms with E-state index in [2.05, 4.69) is 27.5 Å². The van der Waals surface area contributed by atoms with Crippen molar-refractivity contribution in [3.63, 3.8) is 0 Å². The van der Waals surface area contributed by atoms with Crippen molar-refractivity contribution in [2.45, 2.75) is 25.4 Å². The van der Waals surface area contributed by atoms with Gasteiger partial charge in [0, 0.05) is 0 Å². The first-order valence-corrected chi connectivity index (χ1v) is 5.37. The molecule has 2 nitrogen and oxygen atoms in total. The largest absolute Gasteiger partial charge is 0.379 e. The van der Waals surface area contributed by atoms with Crippen molar-refractivity contribution in [1.82, 2.24) is 4.98 Å². The molecule has 0 saturated carbocycles. The summed E-state index contributed by atoms with van der Waals surface area (Å²) >= 11 is 3.31. The Morgan fingerprint density at radius 3 is 3.00 bits per heavy atom. The highest BCUT2D eigenvalue weighted by Crippen LogP contribution is 2.40. The predicted octanol–water partition coefficient (Wildman–Crippen LogP) is 2.55. The van der Waals surface area contributed by atoms with Gasteiger partial charge in [0.2, 0.25) is 0 Å². The number of halogens is 1. The Labute approximate surface area is 91.8 Å². The van der Waals surface area contributed by atoms with E-state index in [4.69, 9.17) is 0 Å². The highest BCUT2D eigenvalue weighted by atomic mass is 79.9. The van der Waals surface area contributed by atoms with E-state index in [-0.39, 0.29) is 0 Å². The van der Waals surface area contributed by atoms with Gasteiger partial charge in [0.05, 0.1) is 5.69 Å². The molecule has 1 aliphatic rings. The van der Waals surface area contributed by atoms with Gasteiger partial charge >= 0.3 is 0 Å². The molecule has 74 valence electrons. The zero-order valence-corrected chi connectivity index (χ0v) is 9.63. The maximum absolute atomic E-state index is 10.4. The molecular weight excluding hydrogens is 242 g/mol. The molecule has 2 rings (SSSR count). The number of rotatable bonds is 1. The maximum atomic E-state index is 10.4. The molecule has 1 atom stereocenters. The van der Waals surface area contributed by atoms with Crippen LogP contribution >= 0.6 is 15.9 Å². The van der Waals surface area contributed by atoms with Crippen LogP contribution in [0.25, 0.3) is 0 Å². The van der Waals surface area contributed by atoms with Crippen molar-refractivity contribution < 1.29 is 5.11 Å². The zero-order valence-electron chi connectivity index (χ0n) is 8.05. The van der Waals surface area contributed by atoms with Gasteiger partial charge < -0.3 is 5.11 Å². The van der Waals surface area contributed by atoms with Gasteiger partial charge in [-0.25, -0.2) is 4.98 Å². The summed E-state index contributed by atoms with van der Waals surface area (Å²) in [6.45, 7) is 5.68. The molecule has 3 heteroatoms. The fraction of sp³-hybridized carbons (Fsp3) is 0.364. The maximum Gasteiger partial charge on any atom is 0.128 e. The molecule has 0 saturated heterocycles. The monoisotopic (exact) mass is 253 g/mol. The SMILES string of the molecule is C=C(C)C1(O)CCc2ccc(Br)nc21. The molecule has 1 aromatic heterocycles. The third kappa shape index (κ3) is 1.31.